The van der Waals surface area contributed by atoms with E-state index in [9.17, 15) is 13.2 Å². The highest BCUT2D eigenvalue weighted by Crippen LogP contribution is 2.20. The molecule has 2 aromatic carbocycles. The Balaban J connectivity index is 1.43. The fourth-order valence-electron chi connectivity index (χ4n) is 3.14. The van der Waals surface area contributed by atoms with E-state index < -0.39 is 10.0 Å². The van der Waals surface area contributed by atoms with E-state index in [1.54, 1.807) is 17.0 Å². The Bertz CT molecular complexity index is 922. The molecule has 1 aliphatic heterocycles. The molecule has 0 aliphatic carbocycles. The molecule has 156 valence electrons. The maximum Gasteiger partial charge on any atom is 0.243 e. The highest BCUT2D eigenvalue weighted by molar-refractivity contribution is 7.89. The Morgan fingerprint density at radius 3 is 2.24 bits per heavy atom. The van der Waals surface area contributed by atoms with Crippen molar-refractivity contribution in [2.24, 2.45) is 0 Å². The van der Waals surface area contributed by atoms with Crippen LogP contribution in [-0.2, 0) is 14.8 Å². The molecular formula is C21H25ClN2O4S. The Hall–Kier alpha value is -2.09. The number of halogens is 1. The van der Waals surface area contributed by atoms with Gasteiger partial charge in [0.1, 0.15) is 5.75 Å². The van der Waals surface area contributed by atoms with Crippen molar-refractivity contribution in [3.63, 3.8) is 0 Å². The van der Waals surface area contributed by atoms with Gasteiger partial charge in [-0.05, 0) is 49.7 Å². The zero-order valence-electron chi connectivity index (χ0n) is 16.4. The molecule has 3 rings (SSSR count). The standard InChI is InChI=1S/C21H25ClN2O4S/c1-17-4-8-19(9-5-17)28-16-2-3-21(25)23-12-14-24(15-13-23)29(26,27)20-10-6-18(22)7-11-20/h4-11H,2-3,12-16H2,1H3. The highest BCUT2D eigenvalue weighted by atomic mass is 35.5. The molecule has 0 saturated carbocycles. The fourth-order valence-corrected chi connectivity index (χ4v) is 4.69. The number of sulfonamides is 1. The van der Waals surface area contributed by atoms with Gasteiger partial charge in [-0.3, -0.25) is 4.79 Å². The summed E-state index contributed by atoms with van der Waals surface area (Å²) in [6, 6.07) is 13.9. The van der Waals surface area contributed by atoms with E-state index in [2.05, 4.69) is 0 Å². The van der Waals surface area contributed by atoms with Crippen molar-refractivity contribution in [2.75, 3.05) is 32.8 Å². The molecule has 1 aliphatic rings. The summed E-state index contributed by atoms with van der Waals surface area (Å²) in [6.07, 6.45) is 1.01. The number of nitrogens with zero attached hydrogens (tertiary/aromatic N) is 2. The van der Waals surface area contributed by atoms with Crippen LogP contribution >= 0.6 is 11.6 Å². The molecule has 0 N–H and O–H groups in total. The van der Waals surface area contributed by atoms with E-state index >= 15 is 0 Å². The molecule has 2 aromatic rings. The zero-order valence-corrected chi connectivity index (χ0v) is 18.0. The quantitative estimate of drug-likeness (QED) is 0.624. The third kappa shape index (κ3) is 5.72. The first kappa shape index (κ1) is 21.6. The van der Waals surface area contributed by atoms with Crippen LogP contribution in [0.15, 0.2) is 53.4 Å². The molecule has 0 aromatic heterocycles. The lowest BCUT2D eigenvalue weighted by molar-refractivity contribution is -0.132. The number of piperazine rings is 1. The van der Waals surface area contributed by atoms with E-state index in [0.29, 0.717) is 37.6 Å². The van der Waals surface area contributed by atoms with Crippen molar-refractivity contribution in [1.29, 1.82) is 0 Å². The van der Waals surface area contributed by atoms with Gasteiger partial charge in [-0.1, -0.05) is 29.3 Å². The average molecular weight is 437 g/mol. The van der Waals surface area contributed by atoms with Crippen LogP contribution in [0.25, 0.3) is 0 Å². The molecule has 0 atom stereocenters. The SMILES string of the molecule is Cc1ccc(OCCCC(=O)N2CCN(S(=O)(=O)c3ccc(Cl)cc3)CC2)cc1. The van der Waals surface area contributed by atoms with E-state index in [1.807, 2.05) is 31.2 Å². The van der Waals surface area contributed by atoms with Gasteiger partial charge < -0.3 is 9.64 Å². The fraction of sp³-hybridized carbons (Fsp3) is 0.381. The molecule has 0 unspecified atom stereocenters. The van der Waals surface area contributed by atoms with Gasteiger partial charge in [0.05, 0.1) is 11.5 Å². The molecule has 1 fully saturated rings. The van der Waals surface area contributed by atoms with Crippen LogP contribution in [0.3, 0.4) is 0 Å². The molecular weight excluding hydrogens is 412 g/mol. The second-order valence-corrected chi connectivity index (χ2v) is 9.38. The maximum absolute atomic E-state index is 12.7. The van der Waals surface area contributed by atoms with Crippen molar-refractivity contribution < 1.29 is 17.9 Å². The first-order valence-electron chi connectivity index (χ1n) is 9.59. The number of carbonyl (C=O) groups excluding carboxylic acids is 1. The second kappa shape index (κ2) is 9.61. The molecule has 0 bridgehead atoms. The zero-order chi connectivity index (χ0) is 20.9. The molecule has 0 radical (unpaired) electrons. The Morgan fingerprint density at radius 1 is 1.00 bits per heavy atom. The smallest absolute Gasteiger partial charge is 0.243 e. The monoisotopic (exact) mass is 436 g/mol. The number of ether oxygens (including phenoxy) is 1. The normalized spacial score (nSPS) is 15.3. The average Bonchev–Trinajstić information content (AvgIpc) is 2.73. The number of rotatable bonds is 7. The number of aryl methyl sites for hydroxylation is 1. The number of carbonyl (C=O) groups is 1. The predicted octanol–water partition coefficient (Wildman–Crippen LogP) is 3.34. The molecule has 8 heteroatoms. The van der Waals surface area contributed by atoms with Gasteiger partial charge >= 0.3 is 0 Å². The Kier molecular flexibility index (Phi) is 7.16. The molecule has 6 nitrogen and oxygen atoms in total. The van der Waals surface area contributed by atoms with E-state index in [4.69, 9.17) is 16.3 Å². The lowest BCUT2D eigenvalue weighted by atomic mass is 10.2. The van der Waals surface area contributed by atoms with Gasteiger partial charge in [-0.2, -0.15) is 4.31 Å². The van der Waals surface area contributed by atoms with E-state index in [0.717, 1.165) is 5.75 Å². The van der Waals surface area contributed by atoms with E-state index in [-0.39, 0.29) is 23.9 Å². The number of amides is 1. The van der Waals surface area contributed by atoms with Crippen LogP contribution in [-0.4, -0.2) is 56.3 Å². The van der Waals surface area contributed by atoms with Crippen LogP contribution in [0, 0.1) is 6.92 Å². The van der Waals surface area contributed by atoms with Crippen LogP contribution in [0.1, 0.15) is 18.4 Å². The van der Waals surface area contributed by atoms with Gasteiger partial charge in [-0.15, -0.1) is 0 Å². The van der Waals surface area contributed by atoms with Gasteiger partial charge in [0.2, 0.25) is 15.9 Å². The highest BCUT2D eigenvalue weighted by Gasteiger charge is 2.29. The summed E-state index contributed by atoms with van der Waals surface area (Å²) in [4.78, 5) is 14.3. The van der Waals surface area contributed by atoms with Crippen LogP contribution < -0.4 is 4.74 Å². The van der Waals surface area contributed by atoms with Gasteiger partial charge in [-0.25, -0.2) is 8.42 Å². The summed E-state index contributed by atoms with van der Waals surface area (Å²) >= 11 is 5.83. The van der Waals surface area contributed by atoms with Crippen LogP contribution in [0.4, 0.5) is 0 Å². The second-order valence-electron chi connectivity index (χ2n) is 7.00. The minimum Gasteiger partial charge on any atom is -0.494 e. The summed E-state index contributed by atoms with van der Waals surface area (Å²) in [5.74, 6) is 0.824. The first-order valence-corrected chi connectivity index (χ1v) is 11.4. The number of hydrogen-bond donors (Lipinski definition) is 0. The first-order chi connectivity index (χ1) is 13.9. The number of benzene rings is 2. The summed E-state index contributed by atoms with van der Waals surface area (Å²) < 4.78 is 32.5. The Morgan fingerprint density at radius 2 is 1.62 bits per heavy atom. The van der Waals surface area contributed by atoms with Crippen LogP contribution in [0.5, 0.6) is 5.75 Å². The minimum absolute atomic E-state index is 0.0287. The molecule has 0 spiro atoms. The van der Waals surface area contributed by atoms with Crippen LogP contribution in [0.2, 0.25) is 5.02 Å². The lowest BCUT2D eigenvalue weighted by Gasteiger charge is -2.34. The molecule has 29 heavy (non-hydrogen) atoms. The summed E-state index contributed by atoms with van der Waals surface area (Å²) in [5.41, 5.74) is 1.17. The Labute approximate surface area is 177 Å². The summed E-state index contributed by atoms with van der Waals surface area (Å²) in [6.45, 7) is 3.85. The summed E-state index contributed by atoms with van der Waals surface area (Å²) in [7, 11) is -3.57. The maximum atomic E-state index is 12.7. The lowest BCUT2D eigenvalue weighted by Crippen LogP contribution is -2.50. The predicted molar refractivity (Wildman–Crippen MR) is 113 cm³/mol. The third-order valence-electron chi connectivity index (χ3n) is 4.87. The van der Waals surface area contributed by atoms with Gasteiger partial charge in [0, 0.05) is 37.6 Å². The minimum atomic E-state index is -3.57. The molecule has 1 heterocycles. The molecule has 1 saturated heterocycles. The topological polar surface area (TPSA) is 66.9 Å². The van der Waals surface area contributed by atoms with Crippen molar-refractivity contribution in [3.8, 4) is 5.75 Å². The van der Waals surface area contributed by atoms with E-state index in [1.165, 1.54) is 22.0 Å². The van der Waals surface area contributed by atoms with Gasteiger partial charge in [0.15, 0.2) is 0 Å². The van der Waals surface area contributed by atoms with Crippen molar-refractivity contribution in [3.05, 3.63) is 59.1 Å². The van der Waals surface area contributed by atoms with Gasteiger partial charge in [0.25, 0.3) is 0 Å². The number of hydrogen-bond acceptors (Lipinski definition) is 4. The summed E-state index contributed by atoms with van der Waals surface area (Å²) in [5, 5.41) is 0.491. The third-order valence-corrected chi connectivity index (χ3v) is 7.03. The van der Waals surface area contributed by atoms with Crippen molar-refractivity contribution in [1.82, 2.24) is 9.21 Å². The van der Waals surface area contributed by atoms with Crippen molar-refractivity contribution in [2.45, 2.75) is 24.7 Å². The largest absolute Gasteiger partial charge is 0.494 e. The molecule has 1 amide bonds. The van der Waals surface area contributed by atoms with Crippen molar-refractivity contribution >= 4 is 27.5 Å².